The average Bonchev–Trinajstić information content (AvgIpc) is 2.40. The molecule has 5 nitrogen and oxygen atoms in total. The first kappa shape index (κ1) is 15.2. The number of rotatable bonds is 6. The van der Waals surface area contributed by atoms with Gasteiger partial charge >= 0.3 is 0 Å². The monoisotopic (exact) mass is 272 g/mol. The Morgan fingerprint density at radius 3 is 2.79 bits per heavy atom. The van der Waals surface area contributed by atoms with Crippen LogP contribution in [-0.2, 0) is 4.74 Å². The van der Waals surface area contributed by atoms with Crippen LogP contribution in [0.4, 0.5) is 0 Å². The molecule has 1 aliphatic heterocycles. The highest BCUT2D eigenvalue weighted by atomic mass is 16.5. The van der Waals surface area contributed by atoms with Crippen LogP contribution in [0.1, 0.15) is 25.7 Å². The van der Waals surface area contributed by atoms with Crippen molar-refractivity contribution in [3.8, 4) is 0 Å². The molecule has 2 aliphatic rings. The molecule has 3 atom stereocenters. The third-order valence-electron chi connectivity index (χ3n) is 4.14. The van der Waals surface area contributed by atoms with Gasteiger partial charge in [-0.25, -0.2) is 0 Å². The summed E-state index contributed by atoms with van der Waals surface area (Å²) < 4.78 is 5.29. The fourth-order valence-electron chi connectivity index (χ4n) is 3.05. The number of aliphatic hydroxyl groups excluding tert-OH is 2. The second-order valence-electron chi connectivity index (χ2n) is 5.91. The van der Waals surface area contributed by atoms with E-state index in [4.69, 9.17) is 4.74 Å². The van der Waals surface area contributed by atoms with Crippen LogP contribution in [0.2, 0.25) is 0 Å². The highest BCUT2D eigenvalue weighted by Gasteiger charge is 2.20. The summed E-state index contributed by atoms with van der Waals surface area (Å²) in [5.74, 6) is 0.569. The Kier molecular flexibility index (Phi) is 6.53. The standard InChI is InChI=1S/C14H28N2O3/c17-13-3-1-2-12(8-13)9-15-10-14(18)11-16-4-6-19-7-5-16/h12-15,17-18H,1-11H2. The Hall–Kier alpha value is -0.200. The molecule has 5 heteroatoms. The summed E-state index contributed by atoms with van der Waals surface area (Å²) in [6.07, 6.45) is 3.77. The molecule has 0 bridgehead atoms. The van der Waals surface area contributed by atoms with Crippen molar-refractivity contribution < 1.29 is 14.9 Å². The Balaban J connectivity index is 1.54. The Bertz CT molecular complexity index is 247. The Labute approximate surface area is 115 Å². The lowest BCUT2D eigenvalue weighted by Crippen LogP contribution is -2.44. The van der Waals surface area contributed by atoms with E-state index < -0.39 is 0 Å². The fraction of sp³-hybridized carbons (Fsp3) is 1.00. The van der Waals surface area contributed by atoms with Gasteiger partial charge in [0.2, 0.25) is 0 Å². The van der Waals surface area contributed by atoms with E-state index in [1.807, 2.05) is 0 Å². The molecule has 0 aromatic carbocycles. The van der Waals surface area contributed by atoms with E-state index in [1.54, 1.807) is 0 Å². The van der Waals surface area contributed by atoms with E-state index in [-0.39, 0.29) is 12.2 Å². The van der Waals surface area contributed by atoms with Crippen molar-refractivity contribution >= 4 is 0 Å². The van der Waals surface area contributed by atoms with Gasteiger partial charge in [-0.15, -0.1) is 0 Å². The first-order valence-electron chi connectivity index (χ1n) is 7.61. The van der Waals surface area contributed by atoms with Gasteiger partial charge in [0.1, 0.15) is 0 Å². The van der Waals surface area contributed by atoms with Crippen LogP contribution in [0.25, 0.3) is 0 Å². The van der Waals surface area contributed by atoms with Gasteiger partial charge in [0.15, 0.2) is 0 Å². The predicted molar refractivity (Wildman–Crippen MR) is 74.1 cm³/mol. The number of hydrogen-bond donors (Lipinski definition) is 3. The molecule has 0 amide bonds. The lowest BCUT2D eigenvalue weighted by Gasteiger charge is -2.29. The van der Waals surface area contributed by atoms with Crippen LogP contribution in [-0.4, -0.2) is 73.3 Å². The molecule has 112 valence electrons. The van der Waals surface area contributed by atoms with Crippen molar-refractivity contribution in [1.29, 1.82) is 0 Å². The summed E-state index contributed by atoms with van der Waals surface area (Å²) in [5, 5.41) is 22.9. The van der Waals surface area contributed by atoms with E-state index in [0.29, 0.717) is 12.5 Å². The summed E-state index contributed by atoms with van der Waals surface area (Å²) in [6.45, 7) is 5.68. The molecule has 0 spiro atoms. The maximum Gasteiger partial charge on any atom is 0.0791 e. The maximum absolute atomic E-state index is 9.99. The zero-order valence-corrected chi connectivity index (χ0v) is 11.8. The summed E-state index contributed by atoms with van der Waals surface area (Å²) in [6, 6.07) is 0. The Morgan fingerprint density at radius 2 is 2.05 bits per heavy atom. The van der Waals surface area contributed by atoms with Gasteiger partial charge in [0, 0.05) is 26.2 Å². The molecule has 3 unspecified atom stereocenters. The normalized spacial score (nSPS) is 31.3. The Morgan fingerprint density at radius 1 is 1.26 bits per heavy atom. The summed E-state index contributed by atoms with van der Waals surface area (Å²) in [5.41, 5.74) is 0. The highest BCUT2D eigenvalue weighted by Crippen LogP contribution is 2.23. The molecule has 1 saturated heterocycles. The zero-order valence-electron chi connectivity index (χ0n) is 11.8. The van der Waals surface area contributed by atoms with Gasteiger partial charge < -0.3 is 20.3 Å². The van der Waals surface area contributed by atoms with Crippen LogP contribution in [0.5, 0.6) is 0 Å². The minimum absolute atomic E-state index is 0.112. The molecule has 2 fully saturated rings. The van der Waals surface area contributed by atoms with Crippen LogP contribution in [0.15, 0.2) is 0 Å². The summed E-state index contributed by atoms with van der Waals surface area (Å²) >= 11 is 0. The highest BCUT2D eigenvalue weighted by molar-refractivity contribution is 4.75. The van der Waals surface area contributed by atoms with E-state index in [9.17, 15) is 10.2 Å². The topological polar surface area (TPSA) is 65.0 Å². The third-order valence-corrected chi connectivity index (χ3v) is 4.14. The van der Waals surface area contributed by atoms with Crippen molar-refractivity contribution in [3.63, 3.8) is 0 Å². The van der Waals surface area contributed by atoms with E-state index in [2.05, 4.69) is 10.2 Å². The molecule has 19 heavy (non-hydrogen) atoms. The van der Waals surface area contributed by atoms with Crippen LogP contribution < -0.4 is 5.32 Å². The van der Waals surface area contributed by atoms with Crippen molar-refractivity contribution in [1.82, 2.24) is 10.2 Å². The SMILES string of the molecule is OC1CCCC(CNCC(O)CN2CCOCC2)C1. The van der Waals surface area contributed by atoms with Gasteiger partial charge in [-0.1, -0.05) is 6.42 Å². The second-order valence-corrected chi connectivity index (χ2v) is 5.91. The molecule has 0 aromatic heterocycles. The van der Waals surface area contributed by atoms with Gasteiger partial charge in [-0.3, -0.25) is 4.90 Å². The quantitative estimate of drug-likeness (QED) is 0.626. The first-order chi connectivity index (χ1) is 9.24. The predicted octanol–water partition coefficient (Wildman–Crippen LogP) is -0.180. The molecular formula is C14H28N2O3. The number of morpholine rings is 1. The van der Waals surface area contributed by atoms with E-state index in [1.165, 1.54) is 6.42 Å². The van der Waals surface area contributed by atoms with Gasteiger partial charge in [-0.05, 0) is 31.7 Å². The number of ether oxygens (including phenoxy) is 1. The van der Waals surface area contributed by atoms with Crippen molar-refractivity contribution in [2.75, 3.05) is 45.9 Å². The van der Waals surface area contributed by atoms with Crippen LogP contribution >= 0.6 is 0 Å². The second kappa shape index (κ2) is 8.17. The average molecular weight is 272 g/mol. The van der Waals surface area contributed by atoms with E-state index >= 15 is 0 Å². The summed E-state index contributed by atoms with van der Waals surface area (Å²) in [4.78, 5) is 2.25. The summed E-state index contributed by atoms with van der Waals surface area (Å²) in [7, 11) is 0. The van der Waals surface area contributed by atoms with Gasteiger partial charge in [-0.2, -0.15) is 0 Å². The number of aliphatic hydroxyl groups is 2. The third kappa shape index (κ3) is 5.75. The molecule has 1 heterocycles. The number of nitrogens with one attached hydrogen (secondary N) is 1. The van der Waals surface area contributed by atoms with Crippen molar-refractivity contribution in [2.24, 2.45) is 5.92 Å². The molecular weight excluding hydrogens is 244 g/mol. The molecule has 1 aliphatic carbocycles. The van der Waals surface area contributed by atoms with Crippen LogP contribution in [0, 0.1) is 5.92 Å². The lowest BCUT2D eigenvalue weighted by molar-refractivity contribution is 0.0146. The largest absolute Gasteiger partial charge is 0.393 e. The number of hydrogen-bond acceptors (Lipinski definition) is 5. The van der Waals surface area contributed by atoms with Gasteiger partial charge in [0.25, 0.3) is 0 Å². The minimum Gasteiger partial charge on any atom is -0.393 e. The lowest BCUT2D eigenvalue weighted by atomic mass is 9.87. The fourth-order valence-corrected chi connectivity index (χ4v) is 3.05. The van der Waals surface area contributed by atoms with Crippen molar-refractivity contribution in [3.05, 3.63) is 0 Å². The molecule has 2 rings (SSSR count). The molecule has 3 N–H and O–H groups in total. The van der Waals surface area contributed by atoms with Crippen molar-refractivity contribution in [2.45, 2.75) is 37.9 Å². The smallest absolute Gasteiger partial charge is 0.0791 e. The number of nitrogens with zero attached hydrogens (tertiary/aromatic N) is 1. The van der Waals surface area contributed by atoms with Gasteiger partial charge in [0.05, 0.1) is 25.4 Å². The molecule has 1 saturated carbocycles. The molecule has 0 aromatic rings. The number of β-amino-alcohol motifs (C(OH)–C–C–N with tert-alkyl or cyclic N) is 1. The van der Waals surface area contributed by atoms with E-state index in [0.717, 1.165) is 58.7 Å². The minimum atomic E-state index is -0.313. The zero-order chi connectivity index (χ0) is 13.5. The first-order valence-corrected chi connectivity index (χ1v) is 7.61. The maximum atomic E-state index is 9.99. The van der Waals surface area contributed by atoms with Crippen LogP contribution in [0.3, 0.4) is 0 Å². The molecule has 0 radical (unpaired) electrons.